The fourth-order valence-corrected chi connectivity index (χ4v) is 3.86. The molecular formula is C15H21N3O4S. The van der Waals surface area contributed by atoms with Crippen LogP contribution in [0.1, 0.15) is 23.2 Å². The molecule has 0 unspecified atom stereocenters. The van der Waals surface area contributed by atoms with E-state index in [1.54, 1.807) is 29.4 Å². The first-order chi connectivity index (χ1) is 10.9. The Labute approximate surface area is 136 Å². The van der Waals surface area contributed by atoms with Crippen molar-refractivity contribution in [3.05, 3.63) is 30.1 Å². The van der Waals surface area contributed by atoms with Crippen LogP contribution in [-0.2, 0) is 14.8 Å². The molecule has 1 amide bonds. The van der Waals surface area contributed by atoms with Gasteiger partial charge in [0.25, 0.3) is 5.91 Å². The van der Waals surface area contributed by atoms with Crippen LogP contribution in [0.25, 0.3) is 0 Å². The van der Waals surface area contributed by atoms with E-state index in [9.17, 15) is 13.2 Å². The predicted octanol–water partition coefficient (Wildman–Crippen LogP) is 0.252. The molecule has 3 heterocycles. The maximum Gasteiger partial charge on any atom is 0.255 e. The Morgan fingerprint density at radius 3 is 2.96 bits per heavy atom. The number of ether oxygens (including phenoxy) is 1. The number of rotatable bonds is 5. The van der Waals surface area contributed by atoms with Crippen LogP contribution in [0, 0.1) is 5.92 Å². The number of aromatic nitrogens is 1. The lowest BCUT2D eigenvalue weighted by Crippen LogP contribution is -2.66. The topological polar surface area (TPSA) is 88.6 Å². The highest BCUT2D eigenvalue weighted by Gasteiger charge is 2.54. The van der Waals surface area contributed by atoms with Crippen LogP contribution in [0.4, 0.5) is 0 Å². The van der Waals surface area contributed by atoms with E-state index in [4.69, 9.17) is 4.74 Å². The summed E-state index contributed by atoms with van der Waals surface area (Å²) in [4.78, 5) is 18.1. The van der Waals surface area contributed by atoms with Crippen LogP contribution in [0.2, 0.25) is 0 Å². The predicted molar refractivity (Wildman–Crippen MR) is 84.4 cm³/mol. The van der Waals surface area contributed by atoms with Crippen LogP contribution >= 0.6 is 0 Å². The van der Waals surface area contributed by atoms with Crippen LogP contribution < -0.4 is 4.72 Å². The Hall–Kier alpha value is -1.51. The molecule has 1 N–H and O–H groups in total. The minimum Gasteiger partial charge on any atom is -0.371 e. The molecular weight excluding hydrogens is 318 g/mol. The van der Waals surface area contributed by atoms with Crippen LogP contribution in [0.5, 0.6) is 0 Å². The highest BCUT2D eigenvalue weighted by molar-refractivity contribution is 7.88. The number of nitrogens with one attached hydrogen (secondary N) is 1. The number of sulfonamides is 1. The van der Waals surface area contributed by atoms with E-state index in [2.05, 4.69) is 9.71 Å². The summed E-state index contributed by atoms with van der Waals surface area (Å²) in [5.41, 5.74) is 0.271. The Morgan fingerprint density at radius 2 is 2.30 bits per heavy atom. The summed E-state index contributed by atoms with van der Waals surface area (Å²) in [5, 5.41) is 0. The molecule has 126 valence electrons. The third-order valence-corrected chi connectivity index (χ3v) is 5.30. The SMILES string of the molecule is CS(=O)(=O)NCC[C@@H]1CCOC12CN(C(=O)c1cccnc1)C2. The zero-order valence-corrected chi connectivity index (χ0v) is 13.9. The molecule has 0 aromatic carbocycles. The van der Waals surface area contributed by atoms with Gasteiger partial charge in [0, 0.05) is 25.5 Å². The van der Waals surface area contributed by atoms with Crippen molar-refractivity contribution in [1.82, 2.24) is 14.6 Å². The number of nitrogens with zero attached hydrogens (tertiary/aromatic N) is 2. The first kappa shape index (κ1) is 16.4. The van der Waals surface area contributed by atoms with Crippen molar-refractivity contribution in [2.75, 3.05) is 32.5 Å². The van der Waals surface area contributed by atoms with E-state index in [0.717, 1.165) is 19.1 Å². The molecule has 1 aromatic heterocycles. The summed E-state index contributed by atoms with van der Waals surface area (Å²) in [6, 6.07) is 3.50. The van der Waals surface area contributed by atoms with Gasteiger partial charge < -0.3 is 9.64 Å². The van der Waals surface area contributed by atoms with Crippen molar-refractivity contribution in [1.29, 1.82) is 0 Å². The van der Waals surface area contributed by atoms with Crippen LogP contribution in [0.3, 0.4) is 0 Å². The maximum absolute atomic E-state index is 12.4. The van der Waals surface area contributed by atoms with Crippen LogP contribution in [0.15, 0.2) is 24.5 Å². The highest BCUT2D eigenvalue weighted by atomic mass is 32.2. The van der Waals surface area contributed by atoms with E-state index in [0.29, 0.717) is 31.8 Å². The standard InChI is InChI=1S/C15H21N3O4S/c1-23(20,21)17-7-4-13-5-8-22-15(13)10-18(11-15)14(19)12-3-2-6-16-9-12/h2-3,6,9,13,17H,4-5,7-8,10-11H2,1H3/t13-/m1/s1. The summed E-state index contributed by atoms with van der Waals surface area (Å²) >= 11 is 0. The lowest BCUT2D eigenvalue weighted by Gasteiger charge is -2.50. The van der Waals surface area contributed by atoms with Gasteiger partial charge in [-0.2, -0.15) is 0 Å². The molecule has 2 aliphatic rings. The Morgan fingerprint density at radius 1 is 1.52 bits per heavy atom. The minimum atomic E-state index is -3.16. The van der Waals surface area contributed by atoms with E-state index < -0.39 is 10.0 Å². The van der Waals surface area contributed by atoms with Gasteiger partial charge in [-0.3, -0.25) is 9.78 Å². The van der Waals surface area contributed by atoms with Crippen molar-refractivity contribution >= 4 is 15.9 Å². The van der Waals surface area contributed by atoms with E-state index >= 15 is 0 Å². The number of carbonyl (C=O) groups is 1. The number of carbonyl (C=O) groups excluding carboxylic acids is 1. The van der Waals surface area contributed by atoms with Gasteiger partial charge in [0.15, 0.2) is 0 Å². The van der Waals surface area contributed by atoms with Crippen molar-refractivity contribution in [3.8, 4) is 0 Å². The molecule has 1 spiro atoms. The molecule has 23 heavy (non-hydrogen) atoms. The zero-order valence-electron chi connectivity index (χ0n) is 13.1. The van der Waals surface area contributed by atoms with Gasteiger partial charge in [0.05, 0.1) is 24.9 Å². The number of likely N-dealkylation sites (tertiary alicyclic amines) is 1. The zero-order chi connectivity index (χ0) is 16.5. The summed E-state index contributed by atoms with van der Waals surface area (Å²) in [6.07, 6.45) is 5.99. The van der Waals surface area contributed by atoms with Crippen molar-refractivity contribution in [3.63, 3.8) is 0 Å². The fourth-order valence-electron chi connectivity index (χ4n) is 3.38. The van der Waals surface area contributed by atoms with Gasteiger partial charge in [0.2, 0.25) is 10.0 Å². The number of amides is 1. The normalized spacial score (nSPS) is 23.0. The molecule has 8 heteroatoms. The average Bonchev–Trinajstić information content (AvgIpc) is 2.88. The number of pyridine rings is 1. The quantitative estimate of drug-likeness (QED) is 0.831. The van der Waals surface area contributed by atoms with Gasteiger partial charge in [-0.25, -0.2) is 13.1 Å². The minimum absolute atomic E-state index is 0.0350. The summed E-state index contributed by atoms with van der Waals surface area (Å²) in [5.74, 6) is 0.238. The maximum atomic E-state index is 12.4. The summed E-state index contributed by atoms with van der Waals surface area (Å²) in [6.45, 7) is 2.19. The van der Waals surface area contributed by atoms with Gasteiger partial charge in [-0.05, 0) is 30.9 Å². The van der Waals surface area contributed by atoms with Crippen molar-refractivity contribution < 1.29 is 17.9 Å². The summed E-state index contributed by atoms with van der Waals surface area (Å²) in [7, 11) is -3.16. The van der Waals surface area contributed by atoms with Crippen LogP contribution in [-0.4, -0.2) is 62.3 Å². The second-order valence-electron chi connectivity index (χ2n) is 6.26. The third-order valence-electron chi connectivity index (χ3n) is 4.57. The molecule has 0 saturated carbocycles. The summed E-state index contributed by atoms with van der Waals surface area (Å²) < 4.78 is 30.7. The highest BCUT2D eigenvalue weighted by Crippen LogP contribution is 2.41. The molecule has 0 bridgehead atoms. The largest absolute Gasteiger partial charge is 0.371 e. The molecule has 2 aliphatic heterocycles. The van der Waals surface area contributed by atoms with E-state index in [1.165, 1.54) is 0 Å². The smallest absolute Gasteiger partial charge is 0.255 e. The molecule has 2 saturated heterocycles. The van der Waals surface area contributed by atoms with Gasteiger partial charge in [-0.1, -0.05) is 0 Å². The fraction of sp³-hybridized carbons (Fsp3) is 0.600. The third kappa shape index (κ3) is 3.54. The van der Waals surface area contributed by atoms with E-state index in [1.807, 2.05) is 0 Å². The van der Waals surface area contributed by atoms with Gasteiger partial charge in [-0.15, -0.1) is 0 Å². The number of hydrogen-bond acceptors (Lipinski definition) is 5. The first-order valence-corrected chi connectivity index (χ1v) is 9.57. The second kappa shape index (κ2) is 6.18. The van der Waals surface area contributed by atoms with Crippen molar-refractivity contribution in [2.24, 2.45) is 5.92 Å². The van der Waals surface area contributed by atoms with E-state index in [-0.39, 0.29) is 17.4 Å². The monoisotopic (exact) mass is 339 g/mol. The Balaban J connectivity index is 1.56. The molecule has 3 rings (SSSR count). The first-order valence-electron chi connectivity index (χ1n) is 7.67. The second-order valence-corrected chi connectivity index (χ2v) is 8.09. The average molecular weight is 339 g/mol. The van der Waals surface area contributed by atoms with Crippen molar-refractivity contribution in [2.45, 2.75) is 18.4 Å². The number of hydrogen-bond donors (Lipinski definition) is 1. The Kier molecular flexibility index (Phi) is 4.39. The molecule has 2 fully saturated rings. The molecule has 1 atom stereocenters. The Bertz CT molecular complexity index is 671. The lowest BCUT2D eigenvalue weighted by molar-refractivity contribution is -0.117. The molecule has 0 radical (unpaired) electrons. The molecule has 1 aromatic rings. The molecule has 0 aliphatic carbocycles. The lowest BCUT2D eigenvalue weighted by atomic mass is 9.78. The van der Waals surface area contributed by atoms with Gasteiger partial charge in [0.1, 0.15) is 5.60 Å². The van der Waals surface area contributed by atoms with Gasteiger partial charge >= 0.3 is 0 Å². The molecule has 7 nitrogen and oxygen atoms in total.